The molecule has 0 spiro atoms. The zero-order valence-corrected chi connectivity index (χ0v) is 23.4. The van der Waals surface area contributed by atoms with E-state index in [1.807, 2.05) is 48.2 Å². The molecule has 3 aromatic rings. The first-order valence-electron chi connectivity index (χ1n) is 13.0. The standard InChI is InChI=1S/C31H39NO3Si/c1-7-23(2)29(33)32-28-21-15-14-16-25(28)22-34-30(32)24(3)35-36(31(4,5)6,26-17-10-8-11-18-26)27-19-12-9-13-20-27/h8-21,23-24,30H,7,22H2,1-6H3/t23-,24+,30-/m1/s1. The van der Waals surface area contributed by atoms with Crippen LogP contribution in [0.3, 0.4) is 0 Å². The van der Waals surface area contributed by atoms with Crippen LogP contribution in [-0.4, -0.2) is 26.6 Å². The van der Waals surface area contributed by atoms with Crippen molar-refractivity contribution in [1.29, 1.82) is 0 Å². The zero-order chi connectivity index (χ0) is 25.9. The Kier molecular flexibility index (Phi) is 7.84. The molecule has 4 rings (SSSR count). The Labute approximate surface area is 217 Å². The molecule has 0 unspecified atom stereocenters. The first-order valence-corrected chi connectivity index (χ1v) is 14.9. The van der Waals surface area contributed by atoms with Gasteiger partial charge in [-0.3, -0.25) is 9.69 Å². The highest BCUT2D eigenvalue weighted by Crippen LogP contribution is 2.40. The fraction of sp³-hybridized carbons (Fsp3) is 0.387. The maximum absolute atomic E-state index is 13.7. The van der Waals surface area contributed by atoms with E-state index in [-0.39, 0.29) is 23.0 Å². The van der Waals surface area contributed by atoms with Gasteiger partial charge in [-0.1, -0.05) is 113 Å². The fourth-order valence-electron chi connectivity index (χ4n) is 5.28. The largest absolute Gasteiger partial charge is 0.400 e. The van der Waals surface area contributed by atoms with E-state index < -0.39 is 14.5 Å². The Morgan fingerprint density at radius 1 is 0.944 bits per heavy atom. The van der Waals surface area contributed by atoms with Gasteiger partial charge in [-0.05, 0) is 34.8 Å². The lowest BCUT2D eigenvalue weighted by Crippen LogP contribution is -2.69. The minimum atomic E-state index is -2.81. The Bertz CT molecular complexity index is 1120. The van der Waals surface area contributed by atoms with Gasteiger partial charge in [0.15, 0.2) is 6.23 Å². The minimum Gasteiger partial charge on any atom is -0.400 e. The number of nitrogens with zero attached hydrogens (tertiary/aromatic N) is 1. The maximum Gasteiger partial charge on any atom is 0.261 e. The van der Waals surface area contributed by atoms with Gasteiger partial charge >= 0.3 is 0 Å². The van der Waals surface area contributed by atoms with E-state index in [9.17, 15) is 4.79 Å². The molecule has 1 aliphatic heterocycles. The van der Waals surface area contributed by atoms with E-state index >= 15 is 0 Å². The highest BCUT2D eigenvalue weighted by Gasteiger charge is 2.52. The van der Waals surface area contributed by atoms with Gasteiger partial charge in [-0.15, -0.1) is 0 Å². The molecule has 0 radical (unpaired) electrons. The Morgan fingerprint density at radius 3 is 2.00 bits per heavy atom. The molecule has 0 aliphatic carbocycles. The molecular formula is C31H39NO3Si. The number of hydrogen-bond acceptors (Lipinski definition) is 3. The quantitative estimate of drug-likeness (QED) is 0.379. The van der Waals surface area contributed by atoms with Crippen molar-refractivity contribution in [2.24, 2.45) is 5.92 Å². The molecule has 1 heterocycles. The molecule has 0 fully saturated rings. The molecule has 190 valence electrons. The number of amides is 1. The van der Waals surface area contributed by atoms with Crippen LogP contribution in [0.25, 0.3) is 0 Å². The van der Waals surface area contributed by atoms with Crippen LogP contribution in [0.1, 0.15) is 53.5 Å². The first kappa shape index (κ1) is 26.3. The van der Waals surface area contributed by atoms with Crippen LogP contribution >= 0.6 is 0 Å². The number of carbonyl (C=O) groups excluding carboxylic acids is 1. The van der Waals surface area contributed by atoms with Crippen molar-refractivity contribution in [3.8, 4) is 0 Å². The van der Waals surface area contributed by atoms with Gasteiger partial charge in [0.1, 0.15) is 0 Å². The van der Waals surface area contributed by atoms with Gasteiger partial charge in [-0.25, -0.2) is 0 Å². The SMILES string of the molecule is CC[C@@H](C)C(=O)N1c2ccccc2CO[C@@H]1[C@H](C)O[Si](c1ccccc1)(c1ccccc1)C(C)(C)C. The van der Waals surface area contributed by atoms with E-state index in [4.69, 9.17) is 9.16 Å². The molecule has 4 nitrogen and oxygen atoms in total. The van der Waals surface area contributed by atoms with E-state index in [0.717, 1.165) is 17.7 Å². The molecule has 0 saturated heterocycles. The number of carbonyl (C=O) groups is 1. The summed E-state index contributed by atoms with van der Waals surface area (Å²) >= 11 is 0. The molecule has 1 aliphatic rings. The van der Waals surface area contributed by atoms with Crippen molar-refractivity contribution >= 4 is 30.3 Å². The Morgan fingerprint density at radius 2 is 1.47 bits per heavy atom. The summed E-state index contributed by atoms with van der Waals surface area (Å²) in [6.45, 7) is 13.4. The molecule has 0 saturated carbocycles. The van der Waals surface area contributed by atoms with Crippen LogP contribution < -0.4 is 15.3 Å². The third kappa shape index (κ3) is 4.80. The molecule has 3 aromatic carbocycles. The molecule has 3 atom stereocenters. The number of fused-ring (bicyclic) bond motifs is 1. The van der Waals surface area contributed by atoms with E-state index in [1.54, 1.807) is 0 Å². The van der Waals surface area contributed by atoms with Gasteiger partial charge in [0.2, 0.25) is 5.91 Å². The predicted molar refractivity (Wildman–Crippen MR) is 150 cm³/mol. The second-order valence-corrected chi connectivity index (χ2v) is 15.1. The summed E-state index contributed by atoms with van der Waals surface area (Å²) < 4.78 is 13.8. The zero-order valence-electron chi connectivity index (χ0n) is 22.4. The summed E-state index contributed by atoms with van der Waals surface area (Å²) in [7, 11) is -2.81. The van der Waals surface area contributed by atoms with Gasteiger partial charge in [0.25, 0.3) is 8.32 Å². The smallest absolute Gasteiger partial charge is 0.261 e. The van der Waals surface area contributed by atoms with Crippen LogP contribution in [0, 0.1) is 5.92 Å². The van der Waals surface area contributed by atoms with Crippen molar-refractivity contribution in [3.05, 3.63) is 90.5 Å². The van der Waals surface area contributed by atoms with Gasteiger partial charge in [0.05, 0.1) is 18.4 Å². The van der Waals surface area contributed by atoms with Crippen LogP contribution in [0.2, 0.25) is 5.04 Å². The highest BCUT2D eigenvalue weighted by molar-refractivity contribution is 6.99. The minimum absolute atomic E-state index is 0.0764. The normalized spacial score (nSPS) is 17.8. The van der Waals surface area contributed by atoms with Crippen molar-refractivity contribution < 1.29 is 14.0 Å². The van der Waals surface area contributed by atoms with Crippen LogP contribution in [0.15, 0.2) is 84.9 Å². The average Bonchev–Trinajstić information content (AvgIpc) is 2.90. The highest BCUT2D eigenvalue weighted by atomic mass is 28.4. The molecule has 36 heavy (non-hydrogen) atoms. The fourth-order valence-corrected chi connectivity index (χ4v) is 9.97. The summed E-state index contributed by atoms with van der Waals surface area (Å²) in [4.78, 5) is 15.6. The van der Waals surface area contributed by atoms with E-state index in [0.29, 0.717) is 6.61 Å². The summed E-state index contributed by atoms with van der Waals surface area (Å²) in [5.41, 5.74) is 1.96. The number of hydrogen-bond donors (Lipinski definition) is 0. The summed E-state index contributed by atoms with van der Waals surface area (Å²) in [6.07, 6.45) is -0.0885. The molecule has 0 aromatic heterocycles. The van der Waals surface area contributed by atoms with Crippen LogP contribution in [-0.2, 0) is 20.6 Å². The second-order valence-electron chi connectivity index (χ2n) is 10.8. The lowest BCUT2D eigenvalue weighted by Gasteiger charge is -2.48. The maximum atomic E-state index is 13.7. The molecule has 0 bridgehead atoms. The van der Waals surface area contributed by atoms with Gasteiger partial charge in [0, 0.05) is 11.5 Å². The summed E-state index contributed by atoms with van der Waals surface area (Å²) in [5.74, 6) is -0.0325. The summed E-state index contributed by atoms with van der Waals surface area (Å²) in [5, 5.41) is 2.26. The Hall–Kier alpha value is -2.73. The number of ether oxygens (including phenoxy) is 1. The van der Waals surface area contributed by atoms with Crippen molar-refractivity contribution in [1.82, 2.24) is 0 Å². The van der Waals surface area contributed by atoms with Crippen molar-refractivity contribution in [3.63, 3.8) is 0 Å². The third-order valence-electron chi connectivity index (χ3n) is 7.37. The lowest BCUT2D eigenvalue weighted by molar-refractivity contribution is -0.128. The lowest BCUT2D eigenvalue weighted by atomic mass is 10.0. The predicted octanol–water partition coefficient (Wildman–Crippen LogP) is 5.89. The Balaban J connectivity index is 1.82. The third-order valence-corrected chi connectivity index (χ3v) is 12.5. The van der Waals surface area contributed by atoms with Crippen LogP contribution in [0.5, 0.6) is 0 Å². The van der Waals surface area contributed by atoms with Crippen molar-refractivity contribution in [2.45, 2.75) is 71.9 Å². The van der Waals surface area contributed by atoms with E-state index in [2.05, 4.69) is 83.1 Å². The molecular weight excluding hydrogens is 462 g/mol. The topological polar surface area (TPSA) is 38.8 Å². The number of para-hydroxylation sites is 1. The summed E-state index contributed by atoms with van der Waals surface area (Å²) in [6, 6.07) is 29.3. The average molecular weight is 502 g/mol. The van der Waals surface area contributed by atoms with Gasteiger partial charge in [-0.2, -0.15) is 0 Å². The van der Waals surface area contributed by atoms with E-state index in [1.165, 1.54) is 10.4 Å². The molecule has 5 heteroatoms. The monoisotopic (exact) mass is 501 g/mol. The number of anilines is 1. The van der Waals surface area contributed by atoms with Crippen LogP contribution in [0.4, 0.5) is 5.69 Å². The molecule has 1 amide bonds. The molecule has 0 N–H and O–H groups in total. The van der Waals surface area contributed by atoms with Crippen molar-refractivity contribution in [2.75, 3.05) is 4.90 Å². The number of benzene rings is 3. The second kappa shape index (κ2) is 10.7. The first-order chi connectivity index (χ1) is 17.2. The number of rotatable bonds is 7. The van der Waals surface area contributed by atoms with Gasteiger partial charge < -0.3 is 9.16 Å².